The van der Waals surface area contributed by atoms with E-state index < -0.39 is 5.91 Å². The van der Waals surface area contributed by atoms with E-state index in [4.69, 9.17) is 16.3 Å². The Labute approximate surface area is 155 Å². The van der Waals surface area contributed by atoms with E-state index in [1.807, 2.05) is 4.90 Å². The van der Waals surface area contributed by atoms with E-state index in [0.29, 0.717) is 48.5 Å². The molecule has 0 aliphatic carbocycles. The second-order valence-corrected chi connectivity index (χ2v) is 6.14. The lowest BCUT2D eigenvalue weighted by atomic mass is 10.2. The van der Waals surface area contributed by atoms with Gasteiger partial charge in [-0.05, 0) is 30.3 Å². The standard InChI is InChI=1S/C17H18ClN5O3/c1-26-15-4-2-12(18)10-14(15)19-17(25)13-3-5-16(21-20-13)23-8-6-22(11-24)7-9-23/h2-5,10-11H,6-9H2,1H3,(H,19,25). The molecule has 0 radical (unpaired) electrons. The highest BCUT2D eigenvalue weighted by molar-refractivity contribution is 6.31. The lowest BCUT2D eigenvalue weighted by Crippen LogP contribution is -2.46. The van der Waals surface area contributed by atoms with Crippen molar-refractivity contribution in [3.05, 3.63) is 41.0 Å². The van der Waals surface area contributed by atoms with E-state index in [2.05, 4.69) is 15.5 Å². The van der Waals surface area contributed by atoms with E-state index >= 15 is 0 Å². The van der Waals surface area contributed by atoms with Crippen LogP contribution >= 0.6 is 11.6 Å². The molecule has 2 aromatic rings. The summed E-state index contributed by atoms with van der Waals surface area (Å²) >= 11 is 5.97. The van der Waals surface area contributed by atoms with Gasteiger partial charge >= 0.3 is 0 Å². The van der Waals surface area contributed by atoms with Gasteiger partial charge in [0.1, 0.15) is 5.75 Å². The van der Waals surface area contributed by atoms with Crippen LogP contribution in [0.4, 0.5) is 11.5 Å². The molecule has 26 heavy (non-hydrogen) atoms. The third-order valence-corrected chi connectivity index (χ3v) is 4.32. The highest BCUT2D eigenvalue weighted by Gasteiger charge is 2.18. The number of aromatic nitrogens is 2. The van der Waals surface area contributed by atoms with Gasteiger partial charge < -0.3 is 19.9 Å². The average molecular weight is 376 g/mol. The number of methoxy groups -OCH3 is 1. The first-order valence-electron chi connectivity index (χ1n) is 8.03. The summed E-state index contributed by atoms with van der Waals surface area (Å²) in [5.41, 5.74) is 0.642. The van der Waals surface area contributed by atoms with Crippen molar-refractivity contribution in [1.82, 2.24) is 15.1 Å². The van der Waals surface area contributed by atoms with Crippen molar-refractivity contribution in [3.8, 4) is 5.75 Å². The lowest BCUT2D eigenvalue weighted by Gasteiger charge is -2.32. The molecule has 1 fully saturated rings. The number of piperazine rings is 1. The first-order valence-corrected chi connectivity index (χ1v) is 8.41. The largest absolute Gasteiger partial charge is 0.495 e. The Kier molecular flexibility index (Phi) is 5.52. The molecule has 3 rings (SSSR count). The molecule has 2 heterocycles. The molecule has 0 spiro atoms. The van der Waals surface area contributed by atoms with Gasteiger partial charge in [0.05, 0.1) is 12.8 Å². The van der Waals surface area contributed by atoms with Crippen LogP contribution in [0.2, 0.25) is 5.02 Å². The number of carbonyl (C=O) groups excluding carboxylic acids is 2. The van der Waals surface area contributed by atoms with Crippen molar-refractivity contribution in [2.24, 2.45) is 0 Å². The molecule has 1 aliphatic heterocycles. The molecule has 0 bridgehead atoms. The molecule has 1 aliphatic rings. The molecule has 0 unspecified atom stereocenters. The summed E-state index contributed by atoms with van der Waals surface area (Å²) in [7, 11) is 1.51. The van der Waals surface area contributed by atoms with E-state index in [0.717, 1.165) is 6.41 Å². The highest BCUT2D eigenvalue weighted by atomic mass is 35.5. The van der Waals surface area contributed by atoms with Gasteiger partial charge in [-0.3, -0.25) is 9.59 Å². The zero-order chi connectivity index (χ0) is 18.5. The number of hydrogen-bond acceptors (Lipinski definition) is 6. The molecule has 0 atom stereocenters. The van der Waals surface area contributed by atoms with Crippen molar-refractivity contribution in [2.45, 2.75) is 0 Å². The molecule has 9 heteroatoms. The van der Waals surface area contributed by atoms with Crippen LogP contribution in [-0.4, -0.2) is 60.7 Å². The van der Waals surface area contributed by atoms with Crippen LogP contribution in [0.3, 0.4) is 0 Å². The highest BCUT2D eigenvalue weighted by Crippen LogP contribution is 2.28. The summed E-state index contributed by atoms with van der Waals surface area (Å²) in [5, 5.41) is 11.3. The van der Waals surface area contributed by atoms with Crippen molar-refractivity contribution in [3.63, 3.8) is 0 Å². The number of rotatable bonds is 5. The van der Waals surface area contributed by atoms with Gasteiger partial charge in [-0.25, -0.2) is 0 Å². The molecule has 1 aromatic heterocycles. The first-order chi connectivity index (χ1) is 12.6. The van der Waals surface area contributed by atoms with E-state index in [-0.39, 0.29) is 5.69 Å². The van der Waals surface area contributed by atoms with E-state index in [1.54, 1.807) is 35.2 Å². The molecule has 0 saturated carbocycles. The van der Waals surface area contributed by atoms with Gasteiger partial charge in [-0.2, -0.15) is 0 Å². The third-order valence-electron chi connectivity index (χ3n) is 4.08. The predicted molar refractivity (Wildman–Crippen MR) is 97.8 cm³/mol. The molecule has 1 saturated heterocycles. The predicted octanol–water partition coefficient (Wildman–Crippen LogP) is 1.67. The van der Waals surface area contributed by atoms with Crippen LogP contribution in [0.1, 0.15) is 10.5 Å². The van der Waals surface area contributed by atoms with Crippen LogP contribution in [-0.2, 0) is 4.79 Å². The van der Waals surface area contributed by atoms with Gasteiger partial charge in [-0.15, -0.1) is 10.2 Å². The van der Waals surface area contributed by atoms with Crippen molar-refractivity contribution in [1.29, 1.82) is 0 Å². The summed E-state index contributed by atoms with van der Waals surface area (Å²) < 4.78 is 5.21. The number of anilines is 2. The van der Waals surface area contributed by atoms with E-state index in [9.17, 15) is 9.59 Å². The summed E-state index contributed by atoms with van der Waals surface area (Å²) in [4.78, 5) is 26.9. The van der Waals surface area contributed by atoms with Crippen LogP contribution < -0.4 is 15.0 Å². The quantitative estimate of drug-likeness (QED) is 0.800. The summed E-state index contributed by atoms with van der Waals surface area (Å²) in [6.07, 6.45) is 0.848. The topological polar surface area (TPSA) is 87.7 Å². The number of nitrogens with one attached hydrogen (secondary N) is 1. The van der Waals surface area contributed by atoms with Gasteiger partial charge in [-0.1, -0.05) is 11.6 Å². The molecule has 8 nitrogen and oxygen atoms in total. The molecular formula is C17H18ClN5O3. The zero-order valence-electron chi connectivity index (χ0n) is 14.2. The summed E-state index contributed by atoms with van der Waals surface area (Å²) in [6.45, 7) is 2.64. The Balaban J connectivity index is 1.68. The number of halogens is 1. The Morgan fingerprint density at radius 3 is 2.58 bits per heavy atom. The molecule has 1 N–H and O–H groups in total. The maximum atomic E-state index is 12.4. The Hall–Kier alpha value is -2.87. The third kappa shape index (κ3) is 4.02. The fourth-order valence-corrected chi connectivity index (χ4v) is 2.81. The van der Waals surface area contributed by atoms with Crippen LogP contribution in [0.25, 0.3) is 0 Å². The second kappa shape index (κ2) is 8.01. The molecular weight excluding hydrogens is 358 g/mol. The minimum absolute atomic E-state index is 0.183. The molecule has 136 valence electrons. The van der Waals surface area contributed by atoms with E-state index in [1.165, 1.54) is 7.11 Å². The fraction of sp³-hybridized carbons (Fsp3) is 0.294. The van der Waals surface area contributed by atoms with Crippen molar-refractivity contribution in [2.75, 3.05) is 43.5 Å². The van der Waals surface area contributed by atoms with Gasteiger partial charge in [0.2, 0.25) is 6.41 Å². The number of amides is 2. The van der Waals surface area contributed by atoms with Gasteiger partial charge in [0.25, 0.3) is 5.91 Å². The number of nitrogens with zero attached hydrogens (tertiary/aromatic N) is 4. The zero-order valence-corrected chi connectivity index (χ0v) is 14.9. The molecule has 1 aromatic carbocycles. The lowest BCUT2D eigenvalue weighted by molar-refractivity contribution is -0.118. The normalized spacial score (nSPS) is 14.1. The van der Waals surface area contributed by atoms with Gasteiger partial charge in [0, 0.05) is 31.2 Å². The Morgan fingerprint density at radius 2 is 1.96 bits per heavy atom. The minimum atomic E-state index is -0.407. The summed E-state index contributed by atoms with van der Waals surface area (Å²) in [5.74, 6) is 0.767. The van der Waals surface area contributed by atoms with Crippen molar-refractivity contribution >= 4 is 35.4 Å². The monoisotopic (exact) mass is 375 g/mol. The SMILES string of the molecule is COc1ccc(Cl)cc1NC(=O)c1ccc(N2CCN(C=O)CC2)nn1. The minimum Gasteiger partial charge on any atom is -0.495 e. The maximum Gasteiger partial charge on any atom is 0.276 e. The number of hydrogen-bond donors (Lipinski definition) is 1. The van der Waals surface area contributed by atoms with Crippen LogP contribution in [0.15, 0.2) is 30.3 Å². The first kappa shape index (κ1) is 17.9. The second-order valence-electron chi connectivity index (χ2n) is 5.70. The van der Waals surface area contributed by atoms with Gasteiger partial charge in [0.15, 0.2) is 11.5 Å². The Bertz CT molecular complexity index is 791. The number of carbonyl (C=O) groups is 2. The summed E-state index contributed by atoms with van der Waals surface area (Å²) in [6, 6.07) is 8.31. The number of benzene rings is 1. The average Bonchev–Trinajstić information content (AvgIpc) is 2.68. The van der Waals surface area contributed by atoms with Crippen LogP contribution in [0, 0.1) is 0 Å². The fourth-order valence-electron chi connectivity index (χ4n) is 2.64. The maximum absolute atomic E-state index is 12.4. The van der Waals surface area contributed by atoms with Crippen molar-refractivity contribution < 1.29 is 14.3 Å². The Morgan fingerprint density at radius 1 is 1.19 bits per heavy atom. The van der Waals surface area contributed by atoms with Crippen LogP contribution in [0.5, 0.6) is 5.75 Å². The molecule has 2 amide bonds. The number of ether oxygens (including phenoxy) is 1. The smallest absolute Gasteiger partial charge is 0.276 e.